The molecule has 0 unspecified atom stereocenters. The standard InChI is InChI=1S/C40H38BrCl2N3O7S/c1-40(22-47,39(48)49)12-11-26-17-34(41)38(46-37(26)52-20-23-13-30(19-45-18-23)54(2,50)51)53-21-27-5-3-7-32(35(27)42)33-8-4-6-31(36(33)43)25-10-9-24-15-29(44)16-28(24)14-25/h3-10,13-14,17-19,29,47H,11-12,15-16,20-22,44H2,1-2H3,(H,48,49)/t29-,40+/m0/s1. The first-order valence-electron chi connectivity index (χ1n) is 17.0. The molecule has 1 aliphatic rings. The number of hydrogen-bond donors (Lipinski definition) is 3. The number of benzene rings is 3. The topological polar surface area (TPSA) is 162 Å². The van der Waals surface area contributed by atoms with Crippen LogP contribution in [0.1, 0.15) is 41.2 Å². The number of nitrogens with zero attached hydrogens (tertiary/aromatic N) is 2. The highest BCUT2D eigenvalue weighted by atomic mass is 79.9. The first-order chi connectivity index (χ1) is 25.7. The molecule has 4 N–H and O–H groups in total. The van der Waals surface area contributed by atoms with Crippen LogP contribution in [0.3, 0.4) is 0 Å². The van der Waals surface area contributed by atoms with E-state index in [1.807, 2.05) is 36.4 Å². The monoisotopic (exact) mass is 853 g/mol. The van der Waals surface area contributed by atoms with Crippen LogP contribution in [0.5, 0.6) is 11.8 Å². The lowest BCUT2D eigenvalue weighted by molar-refractivity contribution is -0.150. The number of rotatable bonds is 14. The molecular weight excluding hydrogens is 817 g/mol. The summed E-state index contributed by atoms with van der Waals surface area (Å²) >= 11 is 17.6. The SMILES string of the molecule is C[C@](CO)(CCc1cc(Br)c(OCc2cccc(-c3cccc(-c4ccc5c(c4)C[C@@H](N)C5)c3Cl)c2Cl)nc1OCc1cncc(S(C)(=O)=O)c1)C(=O)O. The molecule has 0 spiro atoms. The summed E-state index contributed by atoms with van der Waals surface area (Å²) in [7, 11) is -3.51. The molecule has 6 rings (SSSR count). The number of aliphatic carboxylic acids is 1. The van der Waals surface area contributed by atoms with Gasteiger partial charge in [0.2, 0.25) is 11.8 Å². The first-order valence-corrected chi connectivity index (χ1v) is 20.5. The van der Waals surface area contributed by atoms with E-state index in [4.69, 9.17) is 38.4 Å². The number of aliphatic hydroxyl groups is 1. The second-order valence-electron chi connectivity index (χ2n) is 13.7. The second-order valence-corrected chi connectivity index (χ2v) is 17.4. The van der Waals surface area contributed by atoms with Crippen molar-refractivity contribution in [2.75, 3.05) is 12.9 Å². The highest BCUT2D eigenvalue weighted by Crippen LogP contribution is 2.41. The highest BCUT2D eigenvalue weighted by Gasteiger charge is 2.32. The van der Waals surface area contributed by atoms with Gasteiger partial charge in [-0.05, 0) is 77.4 Å². The lowest BCUT2D eigenvalue weighted by Crippen LogP contribution is -2.32. The minimum absolute atomic E-state index is 0.0291. The molecule has 282 valence electrons. The Kier molecular flexibility index (Phi) is 12.0. The zero-order valence-corrected chi connectivity index (χ0v) is 33.4. The van der Waals surface area contributed by atoms with Gasteiger partial charge in [-0.2, -0.15) is 4.98 Å². The maximum Gasteiger partial charge on any atom is 0.311 e. The molecule has 0 saturated carbocycles. The van der Waals surface area contributed by atoms with E-state index in [1.54, 1.807) is 6.07 Å². The summed E-state index contributed by atoms with van der Waals surface area (Å²) in [6.45, 7) is 0.848. The average Bonchev–Trinajstić information content (AvgIpc) is 3.52. The molecule has 14 heteroatoms. The van der Waals surface area contributed by atoms with Crippen LogP contribution in [0.4, 0.5) is 0 Å². The molecule has 0 amide bonds. The van der Waals surface area contributed by atoms with E-state index in [0.717, 1.165) is 41.4 Å². The van der Waals surface area contributed by atoms with Gasteiger partial charge in [-0.3, -0.25) is 9.78 Å². The first kappa shape index (κ1) is 39.6. The van der Waals surface area contributed by atoms with Crippen molar-refractivity contribution in [1.29, 1.82) is 0 Å². The Morgan fingerprint density at radius 2 is 1.61 bits per heavy atom. The zero-order valence-electron chi connectivity index (χ0n) is 29.5. The summed E-state index contributed by atoms with van der Waals surface area (Å²) in [6.07, 6.45) is 5.81. The zero-order chi connectivity index (χ0) is 38.8. The van der Waals surface area contributed by atoms with Crippen LogP contribution in [0, 0.1) is 5.41 Å². The van der Waals surface area contributed by atoms with Gasteiger partial charge in [0, 0.05) is 58.1 Å². The predicted octanol–water partition coefficient (Wildman–Crippen LogP) is 7.88. The third kappa shape index (κ3) is 8.75. The van der Waals surface area contributed by atoms with Gasteiger partial charge in [0.15, 0.2) is 9.84 Å². The molecular formula is C40H38BrCl2N3O7S. The summed E-state index contributed by atoms with van der Waals surface area (Å²) < 4.78 is 37.0. The van der Waals surface area contributed by atoms with Crippen LogP contribution in [-0.4, -0.2) is 53.5 Å². The largest absolute Gasteiger partial charge is 0.481 e. The van der Waals surface area contributed by atoms with E-state index in [2.05, 4.69) is 44.1 Å². The summed E-state index contributed by atoms with van der Waals surface area (Å²) in [5.41, 5.74) is 12.4. The Labute approximate surface area is 332 Å². The van der Waals surface area contributed by atoms with Gasteiger partial charge in [-0.25, -0.2) is 8.42 Å². The van der Waals surface area contributed by atoms with Gasteiger partial charge in [0.05, 0.1) is 31.4 Å². The molecule has 0 radical (unpaired) electrons. The van der Waals surface area contributed by atoms with E-state index in [0.29, 0.717) is 31.2 Å². The number of aryl methyl sites for hydroxylation is 1. The molecule has 0 aliphatic heterocycles. The van der Waals surface area contributed by atoms with Crippen LogP contribution >= 0.6 is 39.1 Å². The van der Waals surface area contributed by atoms with Crippen molar-refractivity contribution in [2.24, 2.45) is 11.1 Å². The minimum Gasteiger partial charge on any atom is -0.481 e. The van der Waals surface area contributed by atoms with Crippen LogP contribution in [-0.2, 0) is 47.1 Å². The van der Waals surface area contributed by atoms with E-state index in [9.17, 15) is 23.4 Å². The maximum absolute atomic E-state index is 12.1. The summed E-state index contributed by atoms with van der Waals surface area (Å²) in [5.74, 6) is -0.818. The van der Waals surface area contributed by atoms with E-state index in [1.165, 1.54) is 36.5 Å². The average molecular weight is 856 g/mol. The molecule has 2 heterocycles. The molecule has 0 fully saturated rings. The molecule has 0 bridgehead atoms. The van der Waals surface area contributed by atoms with E-state index < -0.39 is 27.8 Å². The lowest BCUT2D eigenvalue weighted by atomic mass is 9.85. The fraction of sp³-hybridized carbons (Fsp3) is 0.275. The quantitative estimate of drug-likeness (QED) is 0.100. The van der Waals surface area contributed by atoms with Crippen LogP contribution in [0.25, 0.3) is 22.3 Å². The Morgan fingerprint density at radius 1 is 0.926 bits per heavy atom. The summed E-state index contributed by atoms with van der Waals surface area (Å²) in [4.78, 5) is 20.6. The van der Waals surface area contributed by atoms with Crippen molar-refractivity contribution < 1.29 is 32.9 Å². The van der Waals surface area contributed by atoms with E-state index in [-0.39, 0.29) is 48.8 Å². The Bertz CT molecular complexity index is 2340. The molecule has 2 aromatic heterocycles. The second kappa shape index (κ2) is 16.4. The van der Waals surface area contributed by atoms with Gasteiger partial charge in [0.25, 0.3) is 0 Å². The molecule has 1 aliphatic carbocycles. The van der Waals surface area contributed by atoms with Gasteiger partial charge in [0.1, 0.15) is 13.2 Å². The van der Waals surface area contributed by atoms with Gasteiger partial charge < -0.3 is 25.4 Å². The van der Waals surface area contributed by atoms with Crippen molar-refractivity contribution in [3.63, 3.8) is 0 Å². The Morgan fingerprint density at radius 3 is 2.33 bits per heavy atom. The minimum atomic E-state index is -3.51. The predicted molar refractivity (Wildman–Crippen MR) is 212 cm³/mol. The number of hydrogen-bond acceptors (Lipinski definition) is 9. The summed E-state index contributed by atoms with van der Waals surface area (Å²) in [5, 5.41) is 20.6. The van der Waals surface area contributed by atoms with Gasteiger partial charge in [-0.1, -0.05) is 77.8 Å². The van der Waals surface area contributed by atoms with E-state index >= 15 is 0 Å². The van der Waals surface area contributed by atoms with Crippen molar-refractivity contribution >= 4 is 54.9 Å². The molecule has 54 heavy (non-hydrogen) atoms. The maximum atomic E-state index is 12.1. The van der Waals surface area contributed by atoms with Gasteiger partial charge in [-0.15, -0.1) is 0 Å². The summed E-state index contributed by atoms with van der Waals surface area (Å²) in [6, 6.07) is 21.1. The molecule has 5 aromatic rings. The van der Waals surface area contributed by atoms with Crippen LogP contribution < -0.4 is 15.2 Å². The number of ether oxygens (including phenoxy) is 2. The number of halogens is 3. The smallest absolute Gasteiger partial charge is 0.311 e. The molecule has 3 aromatic carbocycles. The Hall–Kier alpha value is -4.04. The fourth-order valence-electron chi connectivity index (χ4n) is 6.29. The van der Waals surface area contributed by atoms with Crippen LogP contribution in [0.15, 0.2) is 88.5 Å². The number of aromatic nitrogens is 2. The van der Waals surface area contributed by atoms with Crippen LogP contribution in [0.2, 0.25) is 10.0 Å². The number of aliphatic hydroxyl groups excluding tert-OH is 1. The Balaban J connectivity index is 1.26. The number of carboxylic acid groups (broad SMARTS) is 1. The molecule has 10 nitrogen and oxygen atoms in total. The van der Waals surface area contributed by atoms with Crippen molar-refractivity contribution in [1.82, 2.24) is 9.97 Å². The highest BCUT2D eigenvalue weighted by molar-refractivity contribution is 9.10. The molecule has 0 saturated heterocycles. The third-order valence-corrected chi connectivity index (χ3v) is 12.1. The van der Waals surface area contributed by atoms with Crippen molar-refractivity contribution in [3.05, 3.63) is 121 Å². The number of pyridine rings is 2. The number of sulfone groups is 1. The lowest BCUT2D eigenvalue weighted by Gasteiger charge is -2.22. The fourth-order valence-corrected chi connectivity index (χ4v) is 8.01. The van der Waals surface area contributed by atoms with Gasteiger partial charge >= 0.3 is 5.97 Å². The third-order valence-electron chi connectivity index (χ3n) is 9.58. The number of carbonyl (C=O) groups is 1. The van der Waals surface area contributed by atoms with Crippen molar-refractivity contribution in [2.45, 2.75) is 56.8 Å². The van der Waals surface area contributed by atoms with Crippen molar-refractivity contribution in [3.8, 4) is 34.0 Å². The number of fused-ring (bicyclic) bond motifs is 1. The molecule has 2 atom stereocenters. The number of carboxylic acids is 1. The normalized spacial score (nSPS) is 15.1. The number of nitrogens with two attached hydrogens (primary N) is 1.